The first-order chi connectivity index (χ1) is 13.8. The lowest BCUT2D eigenvalue weighted by Gasteiger charge is -2.10. The molecule has 3 heterocycles. The summed E-state index contributed by atoms with van der Waals surface area (Å²) in [6.45, 7) is 3.10. The predicted molar refractivity (Wildman–Crippen MR) is 104 cm³/mol. The molecule has 146 valence electrons. The van der Waals surface area contributed by atoms with Gasteiger partial charge in [0.15, 0.2) is 5.60 Å². The number of nitrogen functional groups attached to an aromatic ring is 1. The van der Waals surface area contributed by atoms with Crippen LogP contribution in [0.5, 0.6) is 0 Å². The zero-order valence-corrected chi connectivity index (χ0v) is 15.9. The summed E-state index contributed by atoms with van der Waals surface area (Å²) in [5.74, 6) is 6.47. The number of nitrogens with zero attached hydrogens (tertiary/aromatic N) is 6. The molecule has 0 aliphatic rings. The maximum Gasteiger partial charge on any atom is 0.334 e. The van der Waals surface area contributed by atoms with Crippen LogP contribution >= 0.6 is 0 Å². The molecule has 0 radical (unpaired) electrons. The van der Waals surface area contributed by atoms with Crippen LogP contribution in [-0.4, -0.2) is 34.3 Å². The molecular weight excluding hydrogens is 374 g/mol. The van der Waals surface area contributed by atoms with Crippen molar-refractivity contribution in [1.82, 2.24) is 29.2 Å². The second-order valence-corrected chi connectivity index (χ2v) is 6.61. The molecule has 1 atom stereocenters. The Labute approximate surface area is 164 Å². The third-order valence-electron chi connectivity index (χ3n) is 4.36. The van der Waals surface area contributed by atoms with E-state index in [1.807, 2.05) is 0 Å². The average Bonchev–Trinajstić information content (AvgIpc) is 3.23. The van der Waals surface area contributed by atoms with Crippen LogP contribution in [0.1, 0.15) is 24.2 Å². The van der Waals surface area contributed by atoms with Crippen LogP contribution < -0.4 is 11.4 Å². The van der Waals surface area contributed by atoms with Crippen LogP contribution in [-0.2, 0) is 12.6 Å². The molecule has 10 heteroatoms. The van der Waals surface area contributed by atoms with Crippen LogP contribution in [0, 0.1) is 18.8 Å². The number of benzene rings is 1. The van der Waals surface area contributed by atoms with Crippen molar-refractivity contribution in [3.63, 3.8) is 0 Å². The first-order valence-corrected chi connectivity index (χ1v) is 8.63. The van der Waals surface area contributed by atoms with Crippen molar-refractivity contribution >= 4 is 17.0 Å². The molecule has 0 spiro atoms. The standard InChI is InChI=1S/C19H17N7O3/c1-11-22-16(24-29-11)19(2,28)8-6-12-4-5-13-14(10-12)26(18(27)25(13)3)15-7-9-21-17(20)23-15/h4-5,7,9-10,28H,1-3H3,(H2,20,21,23)/t19-/m1/s1. The third-order valence-corrected chi connectivity index (χ3v) is 4.36. The summed E-state index contributed by atoms with van der Waals surface area (Å²) in [6, 6.07) is 6.86. The SMILES string of the molecule is Cc1nc([C@](C)(O)C#Cc2ccc3c(c2)n(-c2ccnc(N)n2)c(=O)n3C)no1. The van der Waals surface area contributed by atoms with E-state index in [-0.39, 0.29) is 17.5 Å². The zero-order chi connectivity index (χ0) is 20.8. The van der Waals surface area contributed by atoms with E-state index in [1.54, 1.807) is 38.2 Å². The Hall–Kier alpha value is -3.97. The fourth-order valence-corrected chi connectivity index (χ4v) is 2.88. The average molecular weight is 391 g/mol. The molecule has 3 N–H and O–H groups in total. The summed E-state index contributed by atoms with van der Waals surface area (Å²) in [5, 5.41) is 14.2. The van der Waals surface area contributed by atoms with Crippen LogP contribution in [0.4, 0.5) is 5.95 Å². The van der Waals surface area contributed by atoms with Gasteiger partial charge in [-0.1, -0.05) is 17.0 Å². The first kappa shape index (κ1) is 18.4. The number of fused-ring (bicyclic) bond motifs is 1. The van der Waals surface area contributed by atoms with Gasteiger partial charge in [-0.05, 0) is 25.1 Å². The van der Waals surface area contributed by atoms with Gasteiger partial charge in [-0.25, -0.2) is 14.3 Å². The minimum absolute atomic E-state index is 0.0637. The molecule has 10 nitrogen and oxygen atoms in total. The van der Waals surface area contributed by atoms with E-state index in [4.69, 9.17) is 10.3 Å². The van der Waals surface area contributed by atoms with Gasteiger partial charge in [0.25, 0.3) is 0 Å². The van der Waals surface area contributed by atoms with Crippen LogP contribution in [0.15, 0.2) is 39.8 Å². The van der Waals surface area contributed by atoms with Gasteiger partial charge in [0.1, 0.15) is 5.82 Å². The Morgan fingerprint density at radius 1 is 1.24 bits per heavy atom. The van der Waals surface area contributed by atoms with Crippen molar-refractivity contribution in [2.24, 2.45) is 7.05 Å². The summed E-state index contributed by atoms with van der Waals surface area (Å²) in [7, 11) is 1.67. The van der Waals surface area contributed by atoms with Gasteiger partial charge in [0.05, 0.1) is 11.0 Å². The molecule has 0 fully saturated rings. The van der Waals surface area contributed by atoms with Crippen molar-refractivity contribution in [2.75, 3.05) is 5.73 Å². The monoisotopic (exact) mass is 391 g/mol. The number of hydrogen-bond acceptors (Lipinski definition) is 8. The molecule has 0 aliphatic carbocycles. The smallest absolute Gasteiger partial charge is 0.334 e. The number of aryl methyl sites for hydroxylation is 2. The van der Waals surface area contributed by atoms with E-state index in [2.05, 4.69) is 31.9 Å². The molecule has 0 bridgehead atoms. The highest BCUT2D eigenvalue weighted by Crippen LogP contribution is 2.19. The molecule has 3 aromatic heterocycles. The van der Waals surface area contributed by atoms with Gasteiger partial charge in [0.2, 0.25) is 17.7 Å². The van der Waals surface area contributed by atoms with E-state index in [0.29, 0.717) is 28.3 Å². The predicted octanol–water partition coefficient (Wildman–Crippen LogP) is 0.652. The summed E-state index contributed by atoms with van der Waals surface area (Å²) >= 11 is 0. The van der Waals surface area contributed by atoms with E-state index < -0.39 is 5.60 Å². The highest BCUT2D eigenvalue weighted by atomic mass is 16.5. The van der Waals surface area contributed by atoms with E-state index in [1.165, 1.54) is 22.3 Å². The molecule has 0 saturated heterocycles. The lowest BCUT2D eigenvalue weighted by atomic mass is 10.1. The maximum atomic E-state index is 12.7. The minimum Gasteiger partial charge on any atom is -0.371 e. The van der Waals surface area contributed by atoms with Crippen molar-refractivity contribution in [1.29, 1.82) is 0 Å². The zero-order valence-electron chi connectivity index (χ0n) is 15.9. The Balaban J connectivity index is 1.83. The van der Waals surface area contributed by atoms with Crippen LogP contribution in [0.25, 0.3) is 16.9 Å². The van der Waals surface area contributed by atoms with Gasteiger partial charge in [-0.2, -0.15) is 9.97 Å². The lowest BCUT2D eigenvalue weighted by molar-refractivity contribution is 0.108. The maximum absolute atomic E-state index is 12.7. The number of hydrogen-bond donors (Lipinski definition) is 2. The number of aliphatic hydroxyl groups is 1. The molecule has 29 heavy (non-hydrogen) atoms. The van der Waals surface area contributed by atoms with E-state index >= 15 is 0 Å². The molecule has 1 aromatic carbocycles. The second-order valence-electron chi connectivity index (χ2n) is 6.61. The minimum atomic E-state index is -1.59. The quantitative estimate of drug-likeness (QED) is 0.475. The fourth-order valence-electron chi connectivity index (χ4n) is 2.88. The molecule has 4 aromatic rings. The second kappa shape index (κ2) is 6.57. The van der Waals surface area contributed by atoms with Crippen molar-refractivity contribution in [3.8, 4) is 17.7 Å². The molecular formula is C19H17N7O3. The summed E-state index contributed by atoms with van der Waals surface area (Å²) < 4.78 is 7.83. The molecule has 0 amide bonds. The van der Waals surface area contributed by atoms with Gasteiger partial charge in [0, 0.05) is 31.8 Å². The van der Waals surface area contributed by atoms with E-state index in [9.17, 15) is 9.90 Å². The van der Waals surface area contributed by atoms with Gasteiger partial charge >= 0.3 is 5.69 Å². The fraction of sp³-hybridized carbons (Fsp3) is 0.211. The Bertz CT molecular complexity index is 1350. The van der Waals surface area contributed by atoms with Crippen LogP contribution in [0.2, 0.25) is 0 Å². The van der Waals surface area contributed by atoms with Gasteiger partial charge < -0.3 is 15.4 Å². The molecule has 0 aliphatic heterocycles. The highest BCUT2D eigenvalue weighted by molar-refractivity contribution is 5.79. The molecule has 0 unspecified atom stereocenters. The number of anilines is 1. The van der Waals surface area contributed by atoms with Crippen LogP contribution in [0.3, 0.4) is 0 Å². The topological polar surface area (TPSA) is 138 Å². The first-order valence-electron chi connectivity index (χ1n) is 8.63. The van der Waals surface area contributed by atoms with Crippen molar-refractivity contribution in [3.05, 3.63) is 58.2 Å². The Morgan fingerprint density at radius 2 is 2.03 bits per heavy atom. The summed E-state index contributed by atoms with van der Waals surface area (Å²) in [5.41, 5.74) is 5.66. The summed E-state index contributed by atoms with van der Waals surface area (Å²) in [4.78, 5) is 24.8. The number of rotatable bonds is 2. The van der Waals surface area contributed by atoms with Gasteiger partial charge in [-0.3, -0.25) is 4.57 Å². The third kappa shape index (κ3) is 3.24. The lowest BCUT2D eigenvalue weighted by Crippen LogP contribution is -2.21. The van der Waals surface area contributed by atoms with Crippen molar-refractivity contribution in [2.45, 2.75) is 19.4 Å². The molecule has 0 saturated carbocycles. The van der Waals surface area contributed by atoms with E-state index in [0.717, 1.165) is 0 Å². The largest absolute Gasteiger partial charge is 0.371 e. The number of aromatic nitrogens is 6. The number of imidazole rings is 1. The van der Waals surface area contributed by atoms with Gasteiger partial charge in [-0.15, -0.1) is 0 Å². The highest BCUT2D eigenvalue weighted by Gasteiger charge is 2.26. The normalized spacial score (nSPS) is 13.1. The Morgan fingerprint density at radius 3 is 2.72 bits per heavy atom. The summed E-state index contributed by atoms with van der Waals surface area (Å²) in [6.07, 6.45) is 1.48. The molecule has 4 rings (SSSR count). The Kier molecular flexibility index (Phi) is 4.17. The number of nitrogens with two attached hydrogens (primary N) is 1. The van der Waals surface area contributed by atoms with Crippen molar-refractivity contribution < 1.29 is 9.63 Å².